The van der Waals surface area contributed by atoms with Gasteiger partial charge in [-0.2, -0.15) is 0 Å². The Bertz CT molecular complexity index is 459. The largest absolute Gasteiger partial charge is 0.466 e. The number of ether oxygens (including phenoxy) is 2. The Kier molecular flexibility index (Phi) is 24.2. The number of rotatable bonds is 25. The van der Waals surface area contributed by atoms with E-state index < -0.39 is 0 Å². The third-order valence-electron chi connectivity index (χ3n) is 6.72. The van der Waals surface area contributed by atoms with Crippen LogP contribution in [0.2, 0.25) is 0 Å². The predicted octanol–water partition coefficient (Wildman–Crippen LogP) is 7.70. The number of carbonyl (C=O) groups excluding carboxylic acids is 2. The molecule has 0 heterocycles. The summed E-state index contributed by atoms with van der Waals surface area (Å²) in [6, 6.07) is 0. The number of hydrogen-bond donors (Lipinski definition) is 0. The van der Waals surface area contributed by atoms with Crippen LogP contribution in [-0.2, 0) is 19.1 Å². The number of nitrogens with zero attached hydrogens (tertiary/aromatic N) is 1. The molecule has 0 aromatic carbocycles. The maximum Gasteiger partial charge on any atom is 0.305 e. The lowest BCUT2D eigenvalue weighted by atomic mass is 9.92. The van der Waals surface area contributed by atoms with Crippen LogP contribution in [0.3, 0.4) is 0 Å². The van der Waals surface area contributed by atoms with E-state index in [1.807, 2.05) is 0 Å². The molecule has 0 aromatic heterocycles. The van der Waals surface area contributed by atoms with Crippen LogP contribution in [0.1, 0.15) is 136 Å². The molecule has 0 aliphatic rings. The SMILES string of the molecule is CCCCCC(CCCCC)CCOC(=O)CCCCCCCCC(=O)OCCCN(C)CC. The Morgan fingerprint density at radius 3 is 1.62 bits per heavy atom. The molecule has 0 saturated carbocycles. The molecule has 0 saturated heterocycles. The minimum atomic E-state index is -0.0696. The van der Waals surface area contributed by atoms with Crippen molar-refractivity contribution in [3.8, 4) is 0 Å². The topological polar surface area (TPSA) is 55.8 Å². The van der Waals surface area contributed by atoms with Gasteiger partial charge in [0.05, 0.1) is 13.2 Å². The van der Waals surface area contributed by atoms with E-state index in [-0.39, 0.29) is 11.9 Å². The van der Waals surface area contributed by atoms with Crippen molar-refractivity contribution in [2.24, 2.45) is 5.92 Å². The molecule has 0 rings (SSSR count). The van der Waals surface area contributed by atoms with E-state index in [1.165, 1.54) is 51.4 Å². The molecule has 5 heteroatoms. The van der Waals surface area contributed by atoms with Gasteiger partial charge in [0.25, 0.3) is 0 Å². The Morgan fingerprint density at radius 1 is 0.618 bits per heavy atom. The van der Waals surface area contributed by atoms with Crippen molar-refractivity contribution in [2.45, 2.75) is 136 Å². The van der Waals surface area contributed by atoms with Gasteiger partial charge in [0.2, 0.25) is 0 Å². The van der Waals surface area contributed by atoms with E-state index in [2.05, 4.69) is 32.7 Å². The van der Waals surface area contributed by atoms with Gasteiger partial charge in [-0.1, -0.05) is 97.8 Å². The second kappa shape index (κ2) is 25.0. The third-order valence-corrected chi connectivity index (χ3v) is 6.72. The third kappa shape index (κ3) is 22.7. The normalized spacial score (nSPS) is 11.4. The molecule has 0 bridgehead atoms. The smallest absolute Gasteiger partial charge is 0.305 e. The molecule has 5 nitrogen and oxygen atoms in total. The lowest BCUT2D eigenvalue weighted by Crippen LogP contribution is -2.20. The van der Waals surface area contributed by atoms with Crippen molar-refractivity contribution in [2.75, 3.05) is 33.4 Å². The van der Waals surface area contributed by atoms with E-state index in [0.717, 1.165) is 64.5 Å². The summed E-state index contributed by atoms with van der Waals surface area (Å²) in [4.78, 5) is 26.0. The molecule has 0 aliphatic carbocycles. The van der Waals surface area contributed by atoms with E-state index in [0.29, 0.717) is 32.0 Å². The first-order chi connectivity index (χ1) is 16.5. The molecule has 0 spiro atoms. The fourth-order valence-electron chi connectivity index (χ4n) is 4.21. The van der Waals surface area contributed by atoms with Crippen molar-refractivity contribution in [1.82, 2.24) is 4.90 Å². The van der Waals surface area contributed by atoms with Crippen LogP contribution in [-0.4, -0.2) is 50.2 Å². The monoisotopic (exact) mass is 483 g/mol. The zero-order valence-electron chi connectivity index (χ0n) is 23.2. The van der Waals surface area contributed by atoms with Gasteiger partial charge >= 0.3 is 11.9 Å². The first-order valence-electron chi connectivity index (χ1n) is 14.5. The minimum Gasteiger partial charge on any atom is -0.466 e. The molecule has 0 unspecified atom stereocenters. The first kappa shape index (κ1) is 32.9. The van der Waals surface area contributed by atoms with Crippen molar-refractivity contribution in [3.05, 3.63) is 0 Å². The van der Waals surface area contributed by atoms with Crippen LogP contribution in [0.25, 0.3) is 0 Å². The molecular formula is C29H57NO4. The highest BCUT2D eigenvalue weighted by atomic mass is 16.5. The van der Waals surface area contributed by atoms with Gasteiger partial charge in [-0.3, -0.25) is 9.59 Å². The summed E-state index contributed by atoms with van der Waals surface area (Å²) in [5, 5.41) is 0. The highest BCUT2D eigenvalue weighted by Gasteiger charge is 2.10. The van der Waals surface area contributed by atoms with Gasteiger partial charge < -0.3 is 14.4 Å². The molecule has 0 atom stereocenters. The second-order valence-electron chi connectivity index (χ2n) is 9.96. The highest BCUT2D eigenvalue weighted by Crippen LogP contribution is 2.21. The summed E-state index contributed by atoms with van der Waals surface area (Å²) < 4.78 is 10.8. The molecule has 0 fully saturated rings. The summed E-state index contributed by atoms with van der Waals surface area (Å²) in [5.41, 5.74) is 0. The Labute approximate surface area is 211 Å². The average Bonchev–Trinajstić information content (AvgIpc) is 2.83. The second-order valence-corrected chi connectivity index (χ2v) is 9.96. The van der Waals surface area contributed by atoms with E-state index in [4.69, 9.17) is 9.47 Å². The zero-order valence-corrected chi connectivity index (χ0v) is 23.2. The summed E-state index contributed by atoms with van der Waals surface area (Å²) in [6.45, 7) is 9.73. The Hall–Kier alpha value is -1.10. The molecule has 0 aromatic rings. The zero-order chi connectivity index (χ0) is 25.3. The van der Waals surface area contributed by atoms with Gasteiger partial charge in [-0.15, -0.1) is 0 Å². The first-order valence-corrected chi connectivity index (χ1v) is 14.5. The quantitative estimate of drug-likeness (QED) is 0.0983. The number of carbonyl (C=O) groups is 2. The minimum absolute atomic E-state index is 0.0336. The Morgan fingerprint density at radius 2 is 1.12 bits per heavy atom. The number of unbranched alkanes of at least 4 members (excludes halogenated alkanes) is 9. The lowest BCUT2D eigenvalue weighted by molar-refractivity contribution is -0.145. The van der Waals surface area contributed by atoms with Gasteiger partial charge in [0.1, 0.15) is 0 Å². The molecule has 0 amide bonds. The summed E-state index contributed by atoms with van der Waals surface area (Å²) in [7, 11) is 2.08. The Balaban J connectivity index is 3.62. The van der Waals surface area contributed by atoms with Gasteiger partial charge in [-0.25, -0.2) is 0 Å². The lowest BCUT2D eigenvalue weighted by Gasteiger charge is -2.16. The molecular weight excluding hydrogens is 426 g/mol. The fourth-order valence-corrected chi connectivity index (χ4v) is 4.21. The fraction of sp³-hybridized carbons (Fsp3) is 0.931. The van der Waals surface area contributed by atoms with Gasteiger partial charge in [-0.05, 0) is 45.2 Å². The van der Waals surface area contributed by atoms with Crippen LogP contribution >= 0.6 is 0 Å². The molecule has 0 aliphatic heterocycles. The van der Waals surface area contributed by atoms with Gasteiger partial charge in [0, 0.05) is 19.4 Å². The van der Waals surface area contributed by atoms with Crippen LogP contribution in [0.5, 0.6) is 0 Å². The molecule has 202 valence electrons. The average molecular weight is 484 g/mol. The number of esters is 2. The van der Waals surface area contributed by atoms with E-state index in [1.54, 1.807) is 0 Å². The van der Waals surface area contributed by atoms with Crippen LogP contribution in [0.4, 0.5) is 0 Å². The highest BCUT2D eigenvalue weighted by molar-refractivity contribution is 5.69. The maximum absolute atomic E-state index is 12.0. The van der Waals surface area contributed by atoms with Crippen LogP contribution in [0.15, 0.2) is 0 Å². The van der Waals surface area contributed by atoms with E-state index >= 15 is 0 Å². The van der Waals surface area contributed by atoms with Crippen molar-refractivity contribution in [3.63, 3.8) is 0 Å². The summed E-state index contributed by atoms with van der Waals surface area (Å²) in [5.74, 6) is 0.611. The van der Waals surface area contributed by atoms with Gasteiger partial charge in [0.15, 0.2) is 0 Å². The maximum atomic E-state index is 12.0. The molecule has 0 radical (unpaired) electrons. The number of hydrogen-bond acceptors (Lipinski definition) is 5. The van der Waals surface area contributed by atoms with E-state index in [9.17, 15) is 9.59 Å². The molecule has 34 heavy (non-hydrogen) atoms. The van der Waals surface area contributed by atoms with Crippen molar-refractivity contribution in [1.29, 1.82) is 0 Å². The van der Waals surface area contributed by atoms with Crippen LogP contribution in [0, 0.1) is 5.92 Å². The summed E-state index contributed by atoms with van der Waals surface area (Å²) in [6.07, 6.45) is 19.4. The predicted molar refractivity (Wildman–Crippen MR) is 143 cm³/mol. The standard InChI is InChI=1S/C29H57NO4/c1-5-8-14-19-27(20-15-9-6-2)23-26-34-29(32)22-17-13-11-10-12-16-21-28(31)33-25-18-24-30(4)7-3/h27H,5-26H2,1-4H3. The van der Waals surface area contributed by atoms with Crippen LogP contribution < -0.4 is 0 Å². The van der Waals surface area contributed by atoms with Crippen molar-refractivity contribution < 1.29 is 19.1 Å². The summed E-state index contributed by atoms with van der Waals surface area (Å²) >= 11 is 0. The molecule has 0 N–H and O–H groups in total. The van der Waals surface area contributed by atoms with Crippen molar-refractivity contribution >= 4 is 11.9 Å².